The van der Waals surface area contributed by atoms with Gasteiger partial charge >= 0.3 is 6.09 Å². The van der Waals surface area contributed by atoms with Crippen molar-refractivity contribution in [2.24, 2.45) is 17.1 Å². The van der Waals surface area contributed by atoms with Crippen LogP contribution in [0.3, 0.4) is 0 Å². The number of aromatic nitrogens is 1. The standard InChI is InChI=1S/C37H51N5O5/c1-24(2)20-31(34(38)44)41-30(22-25-12-8-7-9-13-25)32(43)23-28(40-35(45)33(37(3,4)5)42-36(46)47-6)21-26-15-17-27(18-16-26)29-14-10-11-19-39-29/h7-19,24,28,30-33,41,43H,20-23H2,1-6H3,(H2,38,44)(H,40,45)(H,42,46)/t28-,30-,31-,32-,33+/m0/s1. The molecule has 0 unspecified atom stereocenters. The van der Waals surface area contributed by atoms with Gasteiger partial charge in [-0.05, 0) is 60.3 Å². The molecule has 10 heteroatoms. The normalized spacial score (nSPS) is 14.8. The molecule has 3 aromatic rings. The zero-order valence-corrected chi connectivity index (χ0v) is 28.4. The SMILES string of the molecule is COC(=O)N[C@H](C(=O)N[C@@H](Cc1ccc(-c2ccccn2)cc1)C[C@H](O)[C@H](Cc1ccccc1)N[C@@H](CC(C)C)C(N)=O)C(C)(C)C. The maximum atomic E-state index is 13.8. The molecule has 2 aromatic carbocycles. The number of primary amides is 1. The van der Waals surface area contributed by atoms with Crippen molar-refractivity contribution in [1.82, 2.24) is 20.9 Å². The third-order valence-corrected chi connectivity index (χ3v) is 8.07. The van der Waals surface area contributed by atoms with Crippen LogP contribution in [0.15, 0.2) is 79.0 Å². The number of nitrogens with two attached hydrogens (primary N) is 1. The number of nitrogens with one attached hydrogen (secondary N) is 3. The summed E-state index contributed by atoms with van der Waals surface area (Å²) in [5, 5.41) is 20.9. The maximum Gasteiger partial charge on any atom is 0.407 e. The number of hydrogen-bond acceptors (Lipinski definition) is 7. The van der Waals surface area contributed by atoms with Crippen molar-refractivity contribution in [3.05, 3.63) is 90.1 Å². The van der Waals surface area contributed by atoms with Crippen molar-refractivity contribution in [2.75, 3.05) is 7.11 Å². The summed E-state index contributed by atoms with van der Waals surface area (Å²) in [5.74, 6) is -0.677. The van der Waals surface area contributed by atoms with Gasteiger partial charge in [0.25, 0.3) is 0 Å². The quantitative estimate of drug-likeness (QED) is 0.155. The second-order valence-corrected chi connectivity index (χ2v) is 13.6. The highest BCUT2D eigenvalue weighted by Gasteiger charge is 2.35. The molecule has 0 saturated heterocycles. The molecule has 6 N–H and O–H groups in total. The minimum Gasteiger partial charge on any atom is -0.453 e. The lowest BCUT2D eigenvalue weighted by atomic mass is 9.85. The van der Waals surface area contributed by atoms with Gasteiger partial charge in [-0.15, -0.1) is 0 Å². The fourth-order valence-corrected chi connectivity index (χ4v) is 5.59. The number of amides is 3. The van der Waals surface area contributed by atoms with Gasteiger partial charge in [0.05, 0.1) is 24.9 Å². The van der Waals surface area contributed by atoms with E-state index >= 15 is 0 Å². The lowest BCUT2D eigenvalue weighted by molar-refractivity contribution is -0.126. The Hall–Kier alpha value is -4.28. The summed E-state index contributed by atoms with van der Waals surface area (Å²) in [6.45, 7) is 9.58. The Morgan fingerprint density at radius 3 is 2.06 bits per heavy atom. The smallest absolute Gasteiger partial charge is 0.407 e. The zero-order chi connectivity index (χ0) is 34.6. The average molecular weight is 646 g/mol. The summed E-state index contributed by atoms with van der Waals surface area (Å²) < 4.78 is 4.79. The predicted molar refractivity (Wildman–Crippen MR) is 184 cm³/mol. The summed E-state index contributed by atoms with van der Waals surface area (Å²) in [6.07, 6.45) is 1.60. The fraction of sp³-hybridized carbons (Fsp3) is 0.459. The topological polar surface area (TPSA) is 156 Å². The van der Waals surface area contributed by atoms with Gasteiger partial charge in [0.2, 0.25) is 11.8 Å². The van der Waals surface area contributed by atoms with E-state index in [-0.39, 0.29) is 12.3 Å². The summed E-state index contributed by atoms with van der Waals surface area (Å²) in [6, 6.07) is 20.8. The molecule has 3 rings (SSSR count). The Balaban J connectivity index is 1.92. The largest absolute Gasteiger partial charge is 0.453 e. The number of benzene rings is 2. The number of aliphatic hydroxyl groups excluding tert-OH is 1. The maximum absolute atomic E-state index is 13.8. The molecule has 0 bridgehead atoms. The van der Waals surface area contributed by atoms with Crippen molar-refractivity contribution in [1.29, 1.82) is 0 Å². The van der Waals surface area contributed by atoms with E-state index in [0.29, 0.717) is 19.3 Å². The molecular weight excluding hydrogens is 594 g/mol. The Morgan fingerprint density at radius 1 is 0.872 bits per heavy atom. The molecule has 47 heavy (non-hydrogen) atoms. The lowest BCUT2D eigenvalue weighted by Crippen LogP contribution is -2.57. The molecule has 0 aliphatic rings. The number of rotatable bonds is 16. The van der Waals surface area contributed by atoms with E-state index in [1.54, 1.807) is 6.20 Å². The first-order valence-corrected chi connectivity index (χ1v) is 16.2. The number of alkyl carbamates (subject to hydrolysis) is 1. The molecule has 0 radical (unpaired) electrons. The van der Waals surface area contributed by atoms with Crippen LogP contribution in [0, 0.1) is 11.3 Å². The van der Waals surface area contributed by atoms with Gasteiger partial charge in [0.1, 0.15) is 6.04 Å². The van der Waals surface area contributed by atoms with Gasteiger partial charge < -0.3 is 31.5 Å². The molecule has 0 fully saturated rings. The van der Waals surface area contributed by atoms with Crippen LogP contribution in [0.1, 0.15) is 58.6 Å². The number of nitrogens with zero attached hydrogens (tertiary/aromatic N) is 1. The van der Waals surface area contributed by atoms with E-state index in [0.717, 1.165) is 22.4 Å². The molecule has 0 spiro atoms. The summed E-state index contributed by atoms with van der Waals surface area (Å²) in [5.41, 5.74) is 8.89. The molecule has 1 heterocycles. The van der Waals surface area contributed by atoms with E-state index in [4.69, 9.17) is 10.5 Å². The van der Waals surface area contributed by atoms with Crippen molar-refractivity contribution >= 4 is 17.9 Å². The van der Waals surface area contributed by atoms with E-state index < -0.39 is 53.6 Å². The van der Waals surface area contributed by atoms with Crippen molar-refractivity contribution in [2.45, 2.75) is 90.6 Å². The lowest BCUT2D eigenvalue weighted by Gasteiger charge is -2.34. The highest BCUT2D eigenvalue weighted by atomic mass is 16.5. The van der Waals surface area contributed by atoms with Crippen LogP contribution in [0.25, 0.3) is 11.3 Å². The minimum atomic E-state index is -0.969. The van der Waals surface area contributed by atoms with Crippen LogP contribution in [0.2, 0.25) is 0 Å². The first-order chi connectivity index (χ1) is 22.3. The van der Waals surface area contributed by atoms with Crippen LogP contribution in [0.5, 0.6) is 0 Å². The van der Waals surface area contributed by atoms with Crippen molar-refractivity contribution in [3.63, 3.8) is 0 Å². The van der Waals surface area contributed by atoms with Crippen molar-refractivity contribution < 1.29 is 24.2 Å². The molecule has 3 amide bonds. The number of carbonyl (C=O) groups excluding carboxylic acids is 3. The van der Waals surface area contributed by atoms with E-state index in [1.165, 1.54) is 7.11 Å². The molecule has 1 aromatic heterocycles. The molecule has 0 aliphatic heterocycles. The predicted octanol–water partition coefficient (Wildman–Crippen LogP) is 4.40. The van der Waals surface area contributed by atoms with Gasteiger partial charge in [-0.2, -0.15) is 0 Å². The first-order valence-electron chi connectivity index (χ1n) is 16.2. The van der Waals surface area contributed by atoms with Crippen LogP contribution in [-0.4, -0.2) is 65.4 Å². The summed E-state index contributed by atoms with van der Waals surface area (Å²) in [7, 11) is 1.25. The van der Waals surface area contributed by atoms with E-state index in [2.05, 4.69) is 20.9 Å². The van der Waals surface area contributed by atoms with Crippen LogP contribution in [-0.2, 0) is 27.2 Å². The van der Waals surface area contributed by atoms with Crippen LogP contribution >= 0.6 is 0 Å². The molecule has 0 aliphatic carbocycles. The third kappa shape index (κ3) is 12.1. The van der Waals surface area contributed by atoms with Gasteiger partial charge in [-0.3, -0.25) is 14.6 Å². The summed E-state index contributed by atoms with van der Waals surface area (Å²) in [4.78, 5) is 42.8. The number of ether oxygens (including phenoxy) is 1. The molecule has 0 saturated carbocycles. The Labute approximate surface area is 278 Å². The highest BCUT2D eigenvalue weighted by Crippen LogP contribution is 2.22. The zero-order valence-electron chi connectivity index (χ0n) is 28.4. The fourth-order valence-electron chi connectivity index (χ4n) is 5.59. The number of methoxy groups -OCH3 is 1. The number of carbonyl (C=O) groups is 3. The van der Waals surface area contributed by atoms with Crippen molar-refractivity contribution in [3.8, 4) is 11.3 Å². The molecular formula is C37H51N5O5. The number of aliphatic hydroxyl groups is 1. The van der Waals surface area contributed by atoms with Gasteiger partial charge in [0.15, 0.2) is 0 Å². The molecule has 254 valence electrons. The van der Waals surface area contributed by atoms with Gasteiger partial charge in [-0.1, -0.05) is 95.3 Å². The van der Waals surface area contributed by atoms with Gasteiger partial charge in [-0.25, -0.2) is 4.79 Å². The van der Waals surface area contributed by atoms with Crippen LogP contribution in [0.4, 0.5) is 4.79 Å². The monoisotopic (exact) mass is 645 g/mol. The van der Waals surface area contributed by atoms with E-state index in [9.17, 15) is 19.5 Å². The first kappa shape index (κ1) is 37.2. The van der Waals surface area contributed by atoms with Gasteiger partial charge in [0, 0.05) is 23.8 Å². The Morgan fingerprint density at radius 2 is 1.51 bits per heavy atom. The Kier molecular flexibility index (Phi) is 13.9. The second-order valence-electron chi connectivity index (χ2n) is 13.6. The van der Waals surface area contributed by atoms with E-state index in [1.807, 2.05) is 107 Å². The number of hydrogen-bond donors (Lipinski definition) is 5. The molecule has 10 nitrogen and oxygen atoms in total. The Bertz CT molecular complexity index is 1410. The number of pyridine rings is 1. The average Bonchev–Trinajstić information content (AvgIpc) is 3.03. The molecule has 5 atom stereocenters. The third-order valence-electron chi connectivity index (χ3n) is 8.07. The summed E-state index contributed by atoms with van der Waals surface area (Å²) >= 11 is 0. The minimum absolute atomic E-state index is 0.167. The second kappa shape index (κ2) is 17.6. The van der Waals surface area contributed by atoms with Crippen LogP contribution < -0.4 is 21.7 Å². The highest BCUT2D eigenvalue weighted by molar-refractivity contribution is 5.86.